The largest absolute Gasteiger partial charge is 0.383 e. The van der Waals surface area contributed by atoms with Crippen molar-refractivity contribution in [2.24, 2.45) is 0 Å². The molecule has 0 spiro atoms. The number of carbonyl (C=O) groups excluding carboxylic acids is 1. The van der Waals surface area contributed by atoms with Crippen LogP contribution in [0.4, 0.5) is 5.69 Å². The van der Waals surface area contributed by atoms with Gasteiger partial charge in [0, 0.05) is 49.2 Å². The smallest absolute Gasteiger partial charge is 0.269 e. The van der Waals surface area contributed by atoms with Gasteiger partial charge in [0.2, 0.25) is 0 Å². The Labute approximate surface area is 195 Å². The number of thioether (sulfide) groups is 1. The van der Waals surface area contributed by atoms with E-state index in [0.717, 1.165) is 47.8 Å². The van der Waals surface area contributed by atoms with Crippen molar-refractivity contribution < 1.29 is 14.5 Å². The molecular weight excluding hydrogens is 442 g/mol. The van der Waals surface area contributed by atoms with Crippen molar-refractivity contribution in [3.8, 4) is 11.4 Å². The molecule has 0 atom stereocenters. The van der Waals surface area contributed by atoms with Crippen LogP contribution >= 0.6 is 11.8 Å². The van der Waals surface area contributed by atoms with Gasteiger partial charge in [0.15, 0.2) is 11.0 Å². The highest BCUT2D eigenvalue weighted by molar-refractivity contribution is 7.98. The van der Waals surface area contributed by atoms with Gasteiger partial charge in [-0.1, -0.05) is 23.9 Å². The van der Waals surface area contributed by atoms with E-state index in [1.165, 1.54) is 12.1 Å². The molecule has 1 aromatic heterocycles. The SMILES string of the molecule is COCCn1c(SCc2ccc(C(=O)N3CCCC3)cc2)nnc1-c1ccc([N+](=O)[O-])cc1. The van der Waals surface area contributed by atoms with Crippen LogP contribution in [0.5, 0.6) is 0 Å². The number of nitro benzene ring substituents is 1. The lowest BCUT2D eigenvalue weighted by Gasteiger charge is -2.15. The van der Waals surface area contributed by atoms with Crippen LogP contribution in [-0.4, -0.2) is 57.3 Å². The second-order valence-electron chi connectivity index (χ2n) is 7.74. The summed E-state index contributed by atoms with van der Waals surface area (Å²) in [5.41, 5.74) is 2.58. The standard InChI is InChI=1S/C23H25N5O4S/c1-32-15-14-27-21(18-8-10-20(11-9-18)28(30)31)24-25-23(27)33-16-17-4-6-19(7-5-17)22(29)26-12-2-3-13-26/h4-11H,2-3,12-16H2,1H3. The van der Waals surface area contributed by atoms with Crippen LogP contribution in [-0.2, 0) is 17.0 Å². The molecule has 33 heavy (non-hydrogen) atoms. The van der Waals surface area contributed by atoms with Gasteiger partial charge in [0.05, 0.1) is 18.1 Å². The molecular formula is C23H25N5O4S. The molecule has 0 N–H and O–H groups in total. The summed E-state index contributed by atoms with van der Waals surface area (Å²) < 4.78 is 7.20. The van der Waals surface area contributed by atoms with Crippen LogP contribution in [0.1, 0.15) is 28.8 Å². The van der Waals surface area contributed by atoms with Crippen LogP contribution in [0.25, 0.3) is 11.4 Å². The minimum Gasteiger partial charge on any atom is -0.383 e. The Morgan fingerprint density at radius 3 is 2.42 bits per heavy atom. The maximum Gasteiger partial charge on any atom is 0.269 e. The van der Waals surface area contributed by atoms with Gasteiger partial charge in [-0.15, -0.1) is 10.2 Å². The molecule has 1 aliphatic heterocycles. The van der Waals surface area contributed by atoms with Gasteiger partial charge in [-0.05, 0) is 42.7 Å². The molecule has 2 heterocycles. The van der Waals surface area contributed by atoms with Crippen molar-refractivity contribution in [3.05, 3.63) is 69.8 Å². The summed E-state index contributed by atoms with van der Waals surface area (Å²) in [5.74, 6) is 1.40. The first-order chi connectivity index (χ1) is 16.1. The van der Waals surface area contributed by atoms with E-state index in [1.54, 1.807) is 31.0 Å². The number of likely N-dealkylation sites (tertiary alicyclic amines) is 1. The highest BCUT2D eigenvalue weighted by Crippen LogP contribution is 2.28. The summed E-state index contributed by atoms with van der Waals surface area (Å²) >= 11 is 1.54. The van der Waals surface area contributed by atoms with Crippen LogP contribution < -0.4 is 0 Å². The lowest BCUT2D eigenvalue weighted by molar-refractivity contribution is -0.384. The van der Waals surface area contributed by atoms with E-state index >= 15 is 0 Å². The summed E-state index contributed by atoms with van der Waals surface area (Å²) in [4.78, 5) is 24.9. The number of benzene rings is 2. The Morgan fingerprint density at radius 1 is 1.09 bits per heavy atom. The van der Waals surface area contributed by atoms with Crippen molar-refractivity contribution in [2.75, 3.05) is 26.8 Å². The minimum absolute atomic E-state index is 0.0305. The number of methoxy groups -OCH3 is 1. The topological polar surface area (TPSA) is 103 Å². The van der Waals surface area contributed by atoms with E-state index < -0.39 is 4.92 Å². The molecule has 10 heteroatoms. The zero-order valence-electron chi connectivity index (χ0n) is 18.3. The molecule has 3 aromatic rings. The van der Waals surface area contributed by atoms with Crippen molar-refractivity contribution in [1.29, 1.82) is 0 Å². The molecule has 0 aliphatic carbocycles. The quantitative estimate of drug-likeness (QED) is 0.266. The Bertz CT molecular complexity index is 1110. The number of hydrogen-bond donors (Lipinski definition) is 0. The summed E-state index contributed by atoms with van der Waals surface area (Å²) in [6, 6.07) is 14.0. The summed E-state index contributed by atoms with van der Waals surface area (Å²) in [5, 5.41) is 20.3. The normalized spacial score (nSPS) is 13.4. The van der Waals surface area contributed by atoms with Crippen LogP contribution in [0.15, 0.2) is 53.7 Å². The number of ether oxygens (including phenoxy) is 1. The van der Waals surface area contributed by atoms with E-state index in [1.807, 2.05) is 33.7 Å². The Balaban J connectivity index is 1.47. The number of non-ortho nitro benzene ring substituents is 1. The second kappa shape index (κ2) is 10.6. The first-order valence-electron chi connectivity index (χ1n) is 10.7. The molecule has 0 unspecified atom stereocenters. The third kappa shape index (κ3) is 5.40. The lowest BCUT2D eigenvalue weighted by atomic mass is 10.1. The Kier molecular flexibility index (Phi) is 7.36. The molecule has 0 radical (unpaired) electrons. The maximum atomic E-state index is 12.5. The van der Waals surface area contributed by atoms with Crippen LogP contribution in [0, 0.1) is 10.1 Å². The van der Waals surface area contributed by atoms with E-state index in [-0.39, 0.29) is 11.6 Å². The average Bonchev–Trinajstić information content (AvgIpc) is 3.52. The number of carbonyl (C=O) groups is 1. The van der Waals surface area contributed by atoms with Gasteiger partial charge in [-0.3, -0.25) is 19.5 Å². The third-order valence-electron chi connectivity index (χ3n) is 5.53. The fraction of sp³-hybridized carbons (Fsp3) is 0.348. The molecule has 1 fully saturated rings. The number of rotatable bonds is 9. The number of hydrogen-bond acceptors (Lipinski definition) is 7. The third-order valence-corrected chi connectivity index (χ3v) is 6.57. The summed E-state index contributed by atoms with van der Waals surface area (Å²) in [6.45, 7) is 2.72. The first kappa shape index (κ1) is 22.9. The van der Waals surface area contributed by atoms with Gasteiger partial charge in [-0.25, -0.2) is 0 Å². The Hall–Kier alpha value is -3.24. The van der Waals surface area contributed by atoms with Gasteiger partial charge in [0.25, 0.3) is 11.6 Å². The van der Waals surface area contributed by atoms with Crippen molar-refractivity contribution >= 4 is 23.4 Å². The predicted octanol–water partition coefficient (Wildman–Crippen LogP) is 4.03. The van der Waals surface area contributed by atoms with Crippen molar-refractivity contribution in [1.82, 2.24) is 19.7 Å². The fourth-order valence-electron chi connectivity index (χ4n) is 3.72. The molecule has 4 rings (SSSR count). The van der Waals surface area contributed by atoms with Crippen LogP contribution in [0.3, 0.4) is 0 Å². The lowest BCUT2D eigenvalue weighted by Crippen LogP contribution is -2.27. The second-order valence-corrected chi connectivity index (χ2v) is 8.68. The predicted molar refractivity (Wildman–Crippen MR) is 125 cm³/mol. The highest BCUT2D eigenvalue weighted by atomic mass is 32.2. The number of nitrogens with zero attached hydrogens (tertiary/aromatic N) is 5. The average molecular weight is 468 g/mol. The van der Waals surface area contributed by atoms with Crippen molar-refractivity contribution in [2.45, 2.75) is 30.3 Å². The molecule has 9 nitrogen and oxygen atoms in total. The molecule has 1 aliphatic rings. The summed E-state index contributed by atoms with van der Waals surface area (Å²) in [6.07, 6.45) is 2.15. The van der Waals surface area contributed by atoms with Gasteiger partial charge < -0.3 is 9.64 Å². The number of amides is 1. The summed E-state index contributed by atoms with van der Waals surface area (Å²) in [7, 11) is 1.63. The zero-order valence-corrected chi connectivity index (χ0v) is 19.2. The fourth-order valence-corrected chi connectivity index (χ4v) is 4.64. The Morgan fingerprint density at radius 2 is 1.79 bits per heavy atom. The van der Waals surface area contributed by atoms with Gasteiger partial charge >= 0.3 is 0 Å². The molecule has 1 amide bonds. The first-order valence-corrected chi connectivity index (χ1v) is 11.7. The molecule has 0 bridgehead atoms. The highest BCUT2D eigenvalue weighted by Gasteiger charge is 2.19. The number of aromatic nitrogens is 3. The minimum atomic E-state index is -0.426. The maximum absolute atomic E-state index is 12.5. The molecule has 1 saturated heterocycles. The van der Waals surface area contributed by atoms with E-state index in [4.69, 9.17) is 4.74 Å². The molecule has 172 valence electrons. The van der Waals surface area contributed by atoms with Crippen LogP contribution in [0.2, 0.25) is 0 Å². The van der Waals surface area contributed by atoms with Gasteiger partial charge in [0.1, 0.15) is 0 Å². The van der Waals surface area contributed by atoms with Gasteiger partial charge in [-0.2, -0.15) is 0 Å². The monoisotopic (exact) mass is 467 g/mol. The number of nitro groups is 1. The zero-order chi connectivity index (χ0) is 23.2. The van der Waals surface area contributed by atoms with E-state index in [2.05, 4.69) is 10.2 Å². The molecule has 2 aromatic carbocycles. The van der Waals surface area contributed by atoms with E-state index in [9.17, 15) is 14.9 Å². The van der Waals surface area contributed by atoms with E-state index in [0.29, 0.717) is 24.7 Å². The van der Waals surface area contributed by atoms with Crippen molar-refractivity contribution in [3.63, 3.8) is 0 Å². The molecule has 0 saturated carbocycles.